The zero-order valence-corrected chi connectivity index (χ0v) is 15.0. The van der Waals surface area contributed by atoms with E-state index in [1.807, 2.05) is 6.07 Å². The van der Waals surface area contributed by atoms with E-state index in [1.54, 1.807) is 12.4 Å². The zero-order chi connectivity index (χ0) is 17.8. The second-order valence-electron chi connectivity index (χ2n) is 6.03. The molecule has 1 saturated heterocycles. The minimum atomic E-state index is 0.254. The lowest BCUT2D eigenvalue weighted by Gasteiger charge is -2.35. The van der Waals surface area contributed by atoms with Crippen molar-refractivity contribution < 1.29 is 4.74 Å². The van der Waals surface area contributed by atoms with Gasteiger partial charge in [0.2, 0.25) is 11.9 Å². The van der Waals surface area contributed by atoms with Crippen molar-refractivity contribution in [1.29, 1.82) is 0 Å². The van der Waals surface area contributed by atoms with E-state index in [0.29, 0.717) is 19.2 Å². The third-order valence-corrected chi connectivity index (χ3v) is 4.38. The van der Waals surface area contributed by atoms with Crippen LogP contribution in [0.4, 0.5) is 17.7 Å². The number of morpholine rings is 1. The van der Waals surface area contributed by atoms with Crippen LogP contribution >= 0.6 is 0 Å². The monoisotopic (exact) mass is 343 g/mol. The predicted octanol–water partition coefficient (Wildman–Crippen LogP) is 1.59. The average molecular weight is 343 g/mol. The first-order valence-corrected chi connectivity index (χ1v) is 8.68. The molecule has 1 atom stereocenters. The second kappa shape index (κ2) is 7.60. The van der Waals surface area contributed by atoms with Gasteiger partial charge in [0, 0.05) is 43.7 Å². The van der Waals surface area contributed by atoms with Crippen molar-refractivity contribution in [2.45, 2.75) is 26.8 Å². The van der Waals surface area contributed by atoms with Crippen LogP contribution in [0, 0.1) is 0 Å². The summed E-state index contributed by atoms with van der Waals surface area (Å²) < 4.78 is 5.55. The van der Waals surface area contributed by atoms with Crippen LogP contribution < -0.4 is 15.5 Å². The Morgan fingerprint density at radius 1 is 1.24 bits per heavy atom. The van der Waals surface area contributed by atoms with Crippen molar-refractivity contribution in [3.05, 3.63) is 18.5 Å². The Morgan fingerprint density at radius 3 is 2.60 bits per heavy atom. The molecule has 0 aromatic carbocycles. The fraction of sp³-hybridized carbons (Fsp3) is 0.529. The molecular formula is C17H25N7O. The van der Waals surface area contributed by atoms with E-state index in [1.165, 1.54) is 0 Å². The summed E-state index contributed by atoms with van der Waals surface area (Å²) in [7, 11) is 0. The number of nitrogen functional groups attached to an aromatic ring is 1. The minimum absolute atomic E-state index is 0.254. The second-order valence-corrected chi connectivity index (χ2v) is 6.03. The number of nitrogens with two attached hydrogens (primary N) is 1. The molecule has 3 heterocycles. The Morgan fingerprint density at radius 2 is 1.96 bits per heavy atom. The van der Waals surface area contributed by atoms with Crippen LogP contribution in [0.15, 0.2) is 18.5 Å². The smallest absolute Gasteiger partial charge is 0.227 e. The Labute approximate surface area is 148 Å². The van der Waals surface area contributed by atoms with Crippen molar-refractivity contribution >= 4 is 17.7 Å². The molecule has 0 spiro atoms. The Kier molecular flexibility index (Phi) is 5.28. The molecule has 2 aromatic rings. The van der Waals surface area contributed by atoms with Gasteiger partial charge in [-0.05, 0) is 20.8 Å². The highest BCUT2D eigenvalue weighted by Crippen LogP contribution is 2.26. The molecule has 1 aliphatic rings. The molecule has 8 nitrogen and oxygen atoms in total. The number of nitrogens with zero attached hydrogens (tertiary/aromatic N) is 6. The van der Waals surface area contributed by atoms with Crippen molar-refractivity contribution in [3.63, 3.8) is 0 Å². The summed E-state index contributed by atoms with van der Waals surface area (Å²) in [6, 6.07) is 2.26. The number of hydrogen-bond acceptors (Lipinski definition) is 8. The molecule has 0 aliphatic carbocycles. The van der Waals surface area contributed by atoms with Crippen LogP contribution in [-0.2, 0) is 4.74 Å². The lowest BCUT2D eigenvalue weighted by Crippen LogP contribution is -2.44. The maximum atomic E-state index is 5.61. The number of rotatable bonds is 5. The van der Waals surface area contributed by atoms with Crippen molar-refractivity contribution in [2.24, 2.45) is 0 Å². The lowest BCUT2D eigenvalue weighted by molar-refractivity contribution is 0.0985. The zero-order valence-electron chi connectivity index (χ0n) is 15.0. The molecule has 0 unspecified atom stereocenters. The van der Waals surface area contributed by atoms with Crippen molar-refractivity contribution in [3.8, 4) is 11.3 Å². The van der Waals surface area contributed by atoms with Crippen molar-refractivity contribution in [1.82, 2.24) is 19.9 Å². The molecule has 0 saturated carbocycles. The first-order chi connectivity index (χ1) is 12.1. The van der Waals surface area contributed by atoms with Crippen molar-refractivity contribution in [2.75, 3.05) is 48.4 Å². The first kappa shape index (κ1) is 17.3. The van der Waals surface area contributed by atoms with Crippen LogP contribution in [-0.4, -0.2) is 58.8 Å². The van der Waals surface area contributed by atoms with Gasteiger partial charge < -0.3 is 20.3 Å². The predicted molar refractivity (Wildman–Crippen MR) is 98.7 cm³/mol. The molecule has 8 heteroatoms. The van der Waals surface area contributed by atoms with Gasteiger partial charge in [-0.25, -0.2) is 15.0 Å². The quantitative estimate of drug-likeness (QED) is 0.875. The summed E-state index contributed by atoms with van der Waals surface area (Å²) in [6.07, 6.45) is 3.40. The maximum Gasteiger partial charge on any atom is 0.227 e. The summed E-state index contributed by atoms with van der Waals surface area (Å²) in [5, 5.41) is 0. The van der Waals surface area contributed by atoms with Crippen LogP contribution in [0.25, 0.3) is 11.3 Å². The van der Waals surface area contributed by atoms with E-state index in [0.717, 1.165) is 36.7 Å². The van der Waals surface area contributed by atoms with E-state index in [9.17, 15) is 0 Å². The standard InChI is InChI=1S/C17H25N7O/c1-4-23(5-2)17-21-14(13-9-19-16(18)20-10-13)8-15(22-17)24-6-7-25-11-12(24)3/h8-10,12H,4-7,11H2,1-3H3,(H2,18,19,20)/t12-/m0/s1. The van der Waals surface area contributed by atoms with Gasteiger partial charge in [0.05, 0.1) is 24.9 Å². The third-order valence-electron chi connectivity index (χ3n) is 4.38. The minimum Gasteiger partial charge on any atom is -0.377 e. The average Bonchev–Trinajstić information content (AvgIpc) is 2.63. The van der Waals surface area contributed by atoms with Gasteiger partial charge in [0.15, 0.2) is 0 Å². The molecule has 134 valence electrons. The van der Waals surface area contributed by atoms with Gasteiger partial charge in [0.25, 0.3) is 0 Å². The fourth-order valence-electron chi connectivity index (χ4n) is 2.90. The molecule has 3 rings (SSSR count). The SMILES string of the molecule is CCN(CC)c1nc(-c2cnc(N)nc2)cc(N2CCOC[C@@H]2C)n1. The molecule has 1 fully saturated rings. The highest BCUT2D eigenvalue weighted by molar-refractivity contribution is 5.64. The van der Waals surface area contributed by atoms with E-state index >= 15 is 0 Å². The van der Waals surface area contributed by atoms with Gasteiger partial charge >= 0.3 is 0 Å². The van der Waals surface area contributed by atoms with Crippen LogP contribution in [0.5, 0.6) is 0 Å². The fourth-order valence-corrected chi connectivity index (χ4v) is 2.90. The molecule has 1 aliphatic heterocycles. The Hall–Kier alpha value is -2.48. The largest absolute Gasteiger partial charge is 0.377 e. The molecule has 2 aromatic heterocycles. The number of aromatic nitrogens is 4. The van der Waals surface area contributed by atoms with Crippen LogP contribution in [0.2, 0.25) is 0 Å². The summed E-state index contributed by atoms with van der Waals surface area (Å²) in [5.74, 6) is 1.87. The van der Waals surface area contributed by atoms with Gasteiger partial charge in [-0.3, -0.25) is 0 Å². The van der Waals surface area contributed by atoms with E-state index in [2.05, 4.69) is 40.5 Å². The first-order valence-electron chi connectivity index (χ1n) is 8.68. The summed E-state index contributed by atoms with van der Waals surface area (Å²) in [6.45, 7) is 10.2. The Balaban J connectivity index is 2.06. The number of hydrogen-bond donors (Lipinski definition) is 1. The summed E-state index contributed by atoms with van der Waals surface area (Å²) in [4.78, 5) is 22.1. The van der Waals surface area contributed by atoms with Gasteiger partial charge in [-0.1, -0.05) is 0 Å². The summed E-state index contributed by atoms with van der Waals surface area (Å²) >= 11 is 0. The third kappa shape index (κ3) is 3.79. The van der Waals surface area contributed by atoms with Gasteiger partial charge in [-0.15, -0.1) is 0 Å². The molecule has 25 heavy (non-hydrogen) atoms. The topological polar surface area (TPSA) is 93.3 Å². The number of anilines is 3. The molecule has 0 bridgehead atoms. The molecule has 0 radical (unpaired) electrons. The van der Waals surface area contributed by atoms with Gasteiger partial charge in [0.1, 0.15) is 5.82 Å². The van der Waals surface area contributed by atoms with Gasteiger partial charge in [-0.2, -0.15) is 4.98 Å². The molecular weight excluding hydrogens is 318 g/mol. The number of ether oxygens (including phenoxy) is 1. The highest BCUT2D eigenvalue weighted by Gasteiger charge is 2.22. The molecule has 2 N–H and O–H groups in total. The van der Waals surface area contributed by atoms with E-state index in [4.69, 9.17) is 20.4 Å². The van der Waals surface area contributed by atoms with E-state index < -0.39 is 0 Å². The maximum absolute atomic E-state index is 5.61. The van der Waals surface area contributed by atoms with E-state index in [-0.39, 0.29) is 12.0 Å². The summed E-state index contributed by atoms with van der Waals surface area (Å²) in [5.41, 5.74) is 7.23. The highest BCUT2D eigenvalue weighted by atomic mass is 16.5. The van der Waals surface area contributed by atoms with Crippen LogP contribution in [0.3, 0.4) is 0 Å². The molecule has 0 amide bonds. The normalized spacial score (nSPS) is 17.6. The Bertz CT molecular complexity index is 703. The van der Waals surface area contributed by atoms with Crippen LogP contribution in [0.1, 0.15) is 20.8 Å². The lowest BCUT2D eigenvalue weighted by atomic mass is 10.2.